The summed E-state index contributed by atoms with van der Waals surface area (Å²) in [5.41, 5.74) is 7.17. The van der Waals surface area contributed by atoms with Gasteiger partial charge in [0.2, 0.25) is 0 Å². The molecule has 0 unspecified atom stereocenters. The molecule has 0 aliphatic rings. The van der Waals surface area contributed by atoms with Gasteiger partial charge >= 0.3 is 0 Å². The van der Waals surface area contributed by atoms with Gasteiger partial charge in [-0.15, -0.1) is 17.7 Å². The number of aryl methyl sites for hydroxylation is 1. The maximum atomic E-state index is 11.8. The van der Waals surface area contributed by atoms with Gasteiger partial charge in [-0.05, 0) is 42.8 Å². The molecular weight excluding hydrogens is 336 g/mol. The van der Waals surface area contributed by atoms with E-state index < -0.39 is 0 Å². The molecule has 2 aromatic heterocycles. The first-order chi connectivity index (χ1) is 12.1. The van der Waals surface area contributed by atoms with Crippen LogP contribution in [0.3, 0.4) is 0 Å². The lowest BCUT2D eigenvalue weighted by molar-refractivity contribution is -0.116. The summed E-state index contributed by atoms with van der Waals surface area (Å²) in [6.45, 7) is 1.99. The first-order valence-electron chi connectivity index (χ1n) is 7.47. The number of nitrogens with zero attached hydrogens (tertiary/aromatic N) is 4. The monoisotopic (exact) mass is 352 g/mol. The van der Waals surface area contributed by atoms with Gasteiger partial charge in [-0.2, -0.15) is 0 Å². The normalized spacial score (nSPS) is 10.8. The largest absolute Gasteiger partial charge is 0.282 e. The third-order valence-corrected chi connectivity index (χ3v) is 3.44. The number of hydrogen-bond acceptors (Lipinski definition) is 6. The van der Waals surface area contributed by atoms with Crippen LogP contribution in [0.4, 0.5) is 5.82 Å². The van der Waals surface area contributed by atoms with E-state index in [2.05, 4.69) is 38.5 Å². The predicted molar refractivity (Wildman–Crippen MR) is 98.8 cm³/mol. The Labute approximate surface area is 150 Å². The Bertz CT molecular complexity index is 886. The fraction of sp³-hybridized carbons (Fsp3) is 0.0588. The van der Waals surface area contributed by atoms with Crippen molar-refractivity contribution in [1.82, 2.24) is 25.2 Å². The quantitative estimate of drug-likeness (QED) is 0.373. The number of nitrogens with one attached hydrogen (secondary N) is 2. The number of benzene rings is 1. The summed E-state index contributed by atoms with van der Waals surface area (Å²) in [7, 11) is 0. The highest BCUT2D eigenvalue weighted by Gasteiger charge is 2.05. The molecule has 0 spiro atoms. The van der Waals surface area contributed by atoms with E-state index in [0.717, 1.165) is 16.0 Å². The van der Waals surface area contributed by atoms with E-state index in [0.29, 0.717) is 11.6 Å². The molecule has 3 rings (SSSR count). The van der Waals surface area contributed by atoms with E-state index in [9.17, 15) is 4.79 Å². The number of thiol groups is 1. The van der Waals surface area contributed by atoms with Crippen LogP contribution < -0.4 is 10.9 Å². The number of aromatic nitrogens is 4. The lowest BCUT2D eigenvalue weighted by Crippen LogP contribution is -2.28. The van der Waals surface area contributed by atoms with Crippen LogP contribution in [0.1, 0.15) is 5.56 Å². The van der Waals surface area contributed by atoms with Gasteiger partial charge in [0, 0.05) is 28.9 Å². The molecule has 0 aliphatic carbocycles. The molecule has 7 nitrogen and oxygen atoms in total. The van der Waals surface area contributed by atoms with Crippen LogP contribution in [-0.2, 0) is 4.79 Å². The van der Waals surface area contributed by atoms with Crippen LogP contribution in [0.5, 0.6) is 0 Å². The van der Waals surface area contributed by atoms with Gasteiger partial charge in [-0.1, -0.05) is 6.07 Å². The molecule has 2 N–H and O–H groups in total. The Hall–Kier alpha value is -3.13. The molecule has 0 aliphatic heterocycles. The first kappa shape index (κ1) is 16.7. The van der Waals surface area contributed by atoms with Crippen LogP contribution in [0.2, 0.25) is 0 Å². The minimum absolute atomic E-state index is 0.337. The fourth-order valence-electron chi connectivity index (χ4n) is 2.12. The van der Waals surface area contributed by atoms with Crippen molar-refractivity contribution < 1.29 is 4.79 Å². The highest BCUT2D eigenvalue weighted by atomic mass is 32.1. The highest BCUT2D eigenvalue weighted by molar-refractivity contribution is 7.80. The second-order valence-corrected chi connectivity index (χ2v) is 5.77. The number of carbonyl (C=O) groups is 1. The van der Waals surface area contributed by atoms with E-state index >= 15 is 0 Å². The zero-order valence-electron chi connectivity index (χ0n) is 13.4. The average Bonchev–Trinajstić information content (AvgIpc) is 3.07. The van der Waals surface area contributed by atoms with Gasteiger partial charge in [-0.25, -0.2) is 14.6 Å². The van der Waals surface area contributed by atoms with Crippen LogP contribution in [0, 0.1) is 6.92 Å². The molecule has 3 aromatic rings. The zero-order valence-corrected chi connectivity index (χ0v) is 14.3. The van der Waals surface area contributed by atoms with Gasteiger partial charge in [0.1, 0.15) is 12.1 Å². The van der Waals surface area contributed by atoms with Crippen molar-refractivity contribution in [3.63, 3.8) is 0 Å². The molecule has 2 heterocycles. The highest BCUT2D eigenvalue weighted by Crippen LogP contribution is 2.20. The minimum Gasteiger partial charge on any atom is -0.282 e. The molecule has 8 heteroatoms. The molecule has 1 aromatic carbocycles. The van der Waals surface area contributed by atoms with Gasteiger partial charge in [0.05, 0.1) is 0 Å². The molecule has 0 bridgehead atoms. The SMILES string of the molecule is Cc1cc(S)cc(-c2ncn(/C=C\C(=O)NNc3ccccn3)n2)c1. The Morgan fingerprint density at radius 2 is 2.12 bits per heavy atom. The molecule has 126 valence electrons. The zero-order chi connectivity index (χ0) is 17.6. The lowest BCUT2D eigenvalue weighted by atomic mass is 10.1. The summed E-state index contributed by atoms with van der Waals surface area (Å²) in [4.78, 5) is 20.9. The van der Waals surface area contributed by atoms with Crippen molar-refractivity contribution in [2.75, 3.05) is 5.43 Å². The summed E-state index contributed by atoms with van der Waals surface area (Å²) in [6, 6.07) is 11.2. The Kier molecular flexibility index (Phi) is 5.10. The predicted octanol–water partition coefficient (Wildman–Crippen LogP) is 2.55. The number of hydrazine groups is 1. The number of carbonyl (C=O) groups excluding carboxylic acids is 1. The molecule has 25 heavy (non-hydrogen) atoms. The topological polar surface area (TPSA) is 84.7 Å². The van der Waals surface area contributed by atoms with E-state index in [-0.39, 0.29) is 5.91 Å². The average molecular weight is 352 g/mol. The van der Waals surface area contributed by atoms with Gasteiger partial charge < -0.3 is 0 Å². The number of rotatable bonds is 5. The maximum Gasteiger partial charge on any atom is 0.263 e. The van der Waals surface area contributed by atoms with Crippen LogP contribution in [-0.4, -0.2) is 25.7 Å². The Morgan fingerprint density at radius 1 is 1.24 bits per heavy atom. The van der Waals surface area contributed by atoms with Crippen molar-refractivity contribution in [2.24, 2.45) is 0 Å². The van der Waals surface area contributed by atoms with Gasteiger partial charge in [0.15, 0.2) is 5.82 Å². The summed E-state index contributed by atoms with van der Waals surface area (Å²) in [6.07, 6.45) is 6.02. The Balaban J connectivity index is 1.62. The summed E-state index contributed by atoms with van der Waals surface area (Å²) < 4.78 is 1.47. The first-order valence-corrected chi connectivity index (χ1v) is 7.92. The lowest BCUT2D eigenvalue weighted by Gasteiger charge is -2.04. The Morgan fingerprint density at radius 3 is 2.88 bits per heavy atom. The minimum atomic E-state index is -0.337. The van der Waals surface area contributed by atoms with E-state index in [1.165, 1.54) is 23.3 Å². The molecule has 0 saturated carbocycles. The molecular formula is C17H16N6OS. The number of pyridine rings is 1. The van der Waals surface area contributed by atoms with E-state index in [4.69, 9.17) is 0 Å². The smallest absolute Gasteiger partial charge is 0.263 e. The van der Waals surface area contributed by atoms with Crippen LogP contribution in [0.15, 0.2) is 59.9 Å². The number of amides is 1. The van der Waals surface area contributed by atoms with E-state index in [1.54, 1.807) is 18.3 Å². The van der Waals surface area contributed by atoms with E-state index in [1.807, 2.05) is 31.2 Å². The molecule has 0 saturated heterocycles. The number of hydrogen-bond donors (Lipinski definition) is 3. The van der Waals surface area contributed by atoms with Crippen LogP contribution >= 0.6 is 12.6 Å². The van der Waals surface area contributed by atoms with Crippen molar-refractivity contribution in [3.8, 4) is 11.4 Å². The van der Waals surface area contributed by atoms with Crippen molar-refractivity contribution in [3.05, 3.63) is 60.6 Å². The fourth-order valence-corrected chi connectivity index (χ4v) is 2.46. The third-order valence-electron chi connectivity index (χ3n) is 3.19. The third kappa shape index (κ3) is 4.67. The second kappa shape index (κ2) is 7.63. The summed E-state index contributed by atoms with van der Waals surface area (Å²) >= 11 is 4.36. The molecule has 1 amide bonds. The molecule has 0 fully saturated rings. The summed E-state index contributed by atoms with van der Waals surface area (Å²) in [5.74, 6) is 0.779. The number of anilines is 1. The molecule has 0 radical (unpaired) electrons. The van der Waals surface area contributed by atoms with Crippen molar-refractivity contribution in [2.45, 2.75) is 11.8 Å². The molecule has 0 atom stereocenters. The van der Waals surface area contributed by atoms with Gasteiger partial charge in [-0.3, -0.25) is 15.6 Å². The maximum absolute atomic E-state index is 11.8. The second-order valence-electron chi connectivity index (χ2n) is 5.25. The van der Waals surface area contributed by atoms with Crippen LogP contribution in [0.25, 0.3) is 17.6 Å². The standard InChI is InChI=1S/C17H16N6OS/c1-12-8-13(10-14(25)9-12)17-19-11-23(22-17)7-5-16(24)21-20-15-4-2-3-6-18-15/h2-11,25H,1H3,(H,18,20)(H,21,24)/b7-5-. The van der Waals surface area contributed by atoms with Gasteiger partial charge in [0.25, 0.3) is 5.91 Å². The van der Waals surface area contributed by atoms with Crippen molar-refractivity contribution in [1.29, 1.82) is 0 Å². The summed E-state index contributed by atoms with van der Waals surface area (Å²) in [5, 5.41) is 4.33. The van der Waals surface area contributed by atoms with Crippen molar-refractivity contribution >= 4 is 30.6 Å².